The first-order valence-electron chi connectivity index (χ1n) is 6.14. The average molecular weight is 296 g/mol. The molecule has 2 aliphatic carbocycles. The van der Waals surface area contributed by atoms with Gasteiger partial charge in [0.05, 0.1) is 6.10 Å². The Balaban J connectivity index is 1.89. The van der Waals surface area contributed by atoms with E-state index in [1.54, 1.807) is 6.92 Å². The van der Waals surface area contributed by atoms with E-state index in [1.807, 2.05) is 0 Å². The van der Waals surface area contributed by atoms with Gasteiger partial charge in [0.1, 0.15) is 11.4 Å². The van der Waals surface area contributed by atoms with E-state index in [1.165, 1.54) is 0 Å². The summed E-state index contributed by atoms with van der Waals surface area (Å²) in [6, 6.07) is 0. The lowest BCUT2D eigenvalue weighted by Gasteiger charge is -2.29. The Labute approximate surface area is 109 Å². The quantitative estimate of drug-likeness (QED) is 0.560. The van der Waals surface area contributed by atoms with E-state index in [0.29, 0.717) is 13.3 Å². The summed E-state index contributed by atoms with van der Waals surface area (Å²) in [5.41, 5.74) is 0. The van der Waals surface area contributed by atoms with Crippen LogP contribution in [-0.4, -0.2) is 37.8 Å². The van der Waals surface area contributed by atoms with E-state index in [-0.39, 0.29) is 17.8 Å². The summed E-state index contributed by atoms with van der Waals surface area (Å²) in [7, 11) is -3.83. The van der Waals surface area contributed by atoms with E-state index >= 15 is 0 Å². The van der Waals surface area contributed by atoms with Gasteiger partial charge < -0.3 is 4.74 Å². The molecule has 6 atom stereocenters. The predicted molar refractivity (Wildman–Crippen MR) is 58.8 cm³/mol. The molecule has 0 spiro atoms. The molecule has 1 saturated heterocycles. The lowest BCUT2D eigenvalue weighted by atomic mass is 9.85. The maximum Gasteiger partial charge on any atom is 0.376 e. The van der Waals surface area contributed by atoms with Crippen molar-refractivity contribution in [2.24, 2.45) is 17.8 Å². The van der Waals surface area contributed by atoms with Crippen LogP contribution in [0, 0.1) is 17.8 Å². The molecule has 8 heteroatoms. The van der Waals surface area contributed by atoms with Gasteiger partial charge in [0.2, 0.25) is 0 Å². The smallest absolute Gasteiger partial charge is 0.376 e. The first-order chi connectivity index (χ1) is 8.63. The van der Waals surface area contributed by atoms with Gasteiger partial charge in [-0.05, 0) is 12.3 Å². The molecule has 2 saturated carbocycles. The van der Waals surface area contributed by atoms with Crippen molar-refractivity contribution < 1.29 is 30.9 Å². The second-order valence-corrected chi connectivity index (χ2v) is 7.42. The van der Waals surface area contributed by atoms with E-state index < -0.39 is 39.5 Å². The van der Waals surface area contributed by atoms with Crippen LogP contribution < -0.4 is 0 Å². The maximum atomic E-state index is 12.9. The number of fused-ring (bicyclic) bond motifs is 1. The number of halogens is 2. The molecule has 0 aromatic carbocycles. The minimum Gasteiger partial charge on any atom is -0.456 e. The zero-order valence-corrected chi connectivity index (χ0v) is 11.2. The van der Waals surface area contributed by atoms with Gasteiger partial charge in [-0.2, -0.15) is 17.2 Å². The number of ether oxygens (including phenoxy) is 1. The van der Waals surface area contributed by atoms with Crippen molar-refractivity contribution in [1.29, 1.82) is 0 Å². The Kier molecular flexibility index (Phi) is 2.55. The lowest BCUT2D eigenvalue weighted by Crippen LogP contribution is -2.44. The zero-order valence-electron chi connectivity index (χ0n) is 10.4. The molecule has 0 amide bonds. The Morgan fingerprint density at radius 1 is 1.37 bits per heavy atom. The van der Waals surface area contributed by atoms with Crippen LogP contribution in [0.5, 0.6) is 0 Å². The minimum absolute atomic E-state index is 0.109. The molecule has 3 aliphatic rings. The van der Waals surface area contributed by atoms with Gasteiger partial charge in [0, 0.05) is 18.8 Å². The molecule has 3 rings (SSSR count). The second-order valence-electron chi connectivity index (χ2n) is 5.70. The molecule has 108 valence electrons. The highest BCUT2D eigenvalue weighted by atomic mass is 32.2. The maximum absolute atomic E-state index is 12.9. The van der Waals surface area contributed by atoms with E-state index in [0.717, 1.165) is 0 Å². The van der Waals surface area contributed by atoms with E-state index in [4.69, 9.17) is 8.92 Å². The van der Waals surface area contributed by atoms with Crippen LogP contribution in [-0.2, 0) is 23.8 Å². The Morgan fingerprint density at radius 3 is 2.58 bits per heavy atom. The summed E-state index contributed by atoms with van der Waals surface area (Å²) in [5, 5.41) is -0.981. The molecule has 0 radical (unpaired) electrons. The van der Waals surface area contributed by atoms with Crippen LogP contribution in [0.1, 0.15) is 20.3 Å². The fourth-order valence-electron chi connectivity index (χ4n) is 3.68. The summed E-state index contributed by atoms with van der Waals surface area (Å²) >= 11 is 0. The lowest BCUT2D eigenvalue weighted by molar-refractivity contribution is -0.178. The molecule has 2 bridgehead atoms. The van der Waals surface area contributed by atoms with Gasteiger partial charge in [-0.1, -0.05) is 6.92 Å². The minimum atomic E-state index is -3.83. The summed E-state index contributed by atoms with van der Waals surface area (Å²) < 4.78 is 59.3. The highest BCUT2D eigenvalue weighted by Crippen LogP contribution is 2.58. The number of carbonyl (C=O) groups excluding carboxylic acids is 1. The third-order valence-corrected chi connectivity index (χ3v) is 6.28. The van der Waals surface area contributed by atoms with Gasteiger partial charge in [-0.15, -0.1) is 0 Å². The Hall–Kier alpha value is -0.760. The number of hydrogen-bond donors (Lipinski definition) is 0. The highest BCUT2D eigenvalue weighted by molar-refractivity contribution is 7.87. The van der Waals surface area contributed by atoms with Crippen LogP contribution in [0.2, 0.25) is 0 Å². The Bertz CT molecular complexity index is 526. The molecule has 0 aromatic heterocycles. The molecule has 5 nitrogen and oxygen atoms in total. The largest absolute Gasteiger partial charge is 0.456 e. The van der Waals surface area contributed by atoms with Gasteiger partial charge in [-0.25, -0.2) is 4.79 Å². The van der Waals surface area contributed by atoms with Crippen molar-refractivity contribution in [2.45, 2.75) is 43.6 Å². The number of alkyl halides is 2. The van der Waals surface area contributed by atoms with Crippen LogP contribution in [0.15, 0.2) is 0 Å². The zero-order chi connectivity index (χ0) is 14.2. The number of esters is 1. The second kappa shape index (κ2) is 3.66. The summed E-state index contributed by atoms with van der Waals surface area (Å²) in [6.07, 6.45) is -0.859. The topological polar surface area (TPSA) is 69.7 Å². The van der Waals surface area contributed by atoms with Crippen molar-refractivity contribution in [3.63, 3.8) is 0 Å². The fraction of sp³-hybridized carbons (Fsp3) is 0.909. The van der Waals surface area contributed by atoms with Crippen molar-refractivity contribution in [3.8, 4) is 0 Å². The average Bonchev–Trinajstić information content (AvgIpc) is 2.81. The number of rotatable bonds is 2. The van der Waals surface area contributed by atoms with Crippen LogP contribution >= 0.6 is 0 Å². The van der Waals surface area contributed by atoms with E-state index in [2.05, 4.69) is 0 Å². The van der Waals surface area contributed by atoms with Crippen molar-refractivity contribution in [1.82, 2.24) is 0 Å². The SMILES string of the molecule is CC1C2CC3C1OS(=O)(=O)C3C2OC(=O)C(C)(F)F. The summed E-state index contributed by atoms with van der Waals surface area (Å²) in [5.74, 6) is -5.86. The van der Waals surface area contributed by atoms with Crippen LogP contribution in [0.25, 0.3) is 0 Å². The fourth-order valence-corrected chi connectivity index (χ4v) is 5.71. The molecule has 3 fully saturated rings. The van der Waals surface area contributed by atoms with Gasteiger partial charge in [-0.3, -0.25) is 4.18 Å². The van der Waals surface area contributed by atoms with Crippen molar-refractivity contribution >= 4 is 16.1 Å². The van der Waals surface area contributed by atoms with E-state index in [9.17, 15) is 22.0 Å². The summed E-state index contributed by atoms with van der Waals surface area (Å²) in [4.78, 5) is 11.3. The first kappa shape index (κ1) is 13.2. The number of carbonyl (C=O) groups is 1. The molecule has 6 unspecified atom stereocenters. The van der Waals surface area contributed by atoms with Crippen molar-refractivity contribution in [3.05, 3.63) is 0 Å². The molecule has 0 aromatic rings. The monoisotopic (exact) mass is 296 g/mol. The van der Waals surface area contributed by atoms with Crippen LogP contribution in [0.3, 0.4) is 0 Å². The molecule has 1 heterocycles. The first-order valence-corrected chi connectivity index (χ1v) is 7.61. The standard InChI is InChI=1S/C11H14F2O5S/c1-4-5-3-6-7(4)18-19(15,16)9(6)8(5)17-10(14)11(2,12)13/h4-9H,3H2,1-2H3. The third kappa shape index (κ3) is 1.72. The molecular formula is C11H14F2O5S. The highest BCUT2D eigenvalue weighted by Gasteiger charge is 2.69. The third-order valence-electron chi connectivity index (χ3n) is 4.51. The molecule has 19 heavy (non-hydrogen) atoms. The van der Waals surface area contributed by atoms with Gasteiger partial charge >= 0.3 is 11.9 Å². The van der Waals surface area contributed by atoms with Crippen LogP contribution in [0.4, 0.5) is 8.78 Å². The number of hydrogen-bond acceptors (Lipinski definition) is 5. The van der Waals surface area contributed by atoms with Gasteiger partial charge in [0.25, 0.3) is 10.1 Å². The molecule has 0 N–H and O–H groups in total. The molecular weight excluding hydrogens is 282 g/mol. The summed E-state index contributed by atoms with van der Waals surface area (Å²) in [6.45, 7) is 2.24. The van der Waals surface area contributed by atoms with Gasteiger partial charge in [0.15, 0.2) is 0 Å². The van der Waals surface area contributed by atoms with Crippen molar-refractivity contribution in [2.75, 3.05) is 0 Å². The molecule has 1 aliphatic heterocycles. The Morgan fingerprint density at radius 2 is 2.00 bits per heavy atom. The predicted octanol–water partition coefficient (Wildman–Crippen LogP) is 0.936. The normalized spacial score (nSPS) is 46.5.